The minimum absolute atomic E-state index is 0.213. The SMILES string of the molecule is Cc1nc2cc(NC(=O)c3cc4sc(NCC(O)CO)nc4s3)ccc2o1. The van der Waals surface area contributed by atoms with E-state index in [1.54, 1.807) is 31.2 Å². The molecule has 3 aromatic heterocycles. The number of hydrogen-bond donors (Lipinski definition) is 4. The minimum atomic E-state index is -0.834. The van der Waals surface area contributed by atoms with Gasteiger partial charge in [-0.25, -0.2) is 9.97 Å². The van der Waals surface area contributed by atoms with Crippen LogP contribution in [0.3, 0.4) is 0 Å². The molecular formula is C17H16N4O4S2. The molecule has 140 valence electrons. The summed E-state index contributed by atoms with van der Waals surface area (Å²) in [6.07, 6.45) is -0.834. The topological polar surface area (TPSA) is 121 Å². The maximum atomic E-state index is 12.5. The van der Waals surface area contributed by atoms with Gasteiger partial charge in [-0.2, -0.15) is 0 Å². The third-order valence-corrected chi connectivity index (χ3v) is 5.88. The van der Waals surface area contributed by atoms with E-state index in [2.05, 4.69) is 20.6 Å². The predicted octanol–water partition coefficient (Wildman–Crippen LogP) is 2.82. The number of amides is 1. The molecule has 0 spiro atoms. The lowest BCUT2D eigenvalue weighted by Gasteiger charge is -2.06. The summed E-state index contributed by atoms with van der Waals surface area (Å²) < 4.78 is 6.31. The van der Waals surface area contributed by atoms with Crippen LogP contribution >= 0.6 is 22.7 Å². The molecule has 0 aliphatic rings. The van der Waals surface area contributed by atoms with Crippen molar-refractivity contribution in [3.05, 3.63) is 35.0 Å². The van der Waals surface area contributed by atoms with Crippen LogP contribution in [-0.2, 0) is 0 Å². The fraction of sp³-hybridized carbons (Fsp3) is 0.235. The molecule has 0 aliphatic carbocycles. The number of hydrogen-bond acceptors (Lipinski definition) is 9. The summed E-state index contributed by atoms with van der Waals surface area (Å²) in [6.45, 7) is 1.68. The summed E-state index contributed by atoms with van der Waals surface area (Å²) in [4.78, 5) is 22.5. The molecule has 4 aromatic rings. The van der Waals surface area contributed by atoms with Gasteiger partial charge in [-0.05, 0) is 24.3 Å². The number of nitrogens with zero attached hydrogens (tertiary/aromatic N) is 2. The number of carbonyl (C=O) groups excluding carboxylic acids is 1. The fourth-order valence-corrected chi connectivity index (χ4v) is 4.52. The molecule has 4 rings (SSSR count). The number of oxazole rings is 1. The summed E-state index contributed by atoms with van der Waals surface area (Å²) in [6, 6.07) is 7.11. The molecule has 1 unspecified atom stereocenters. The molecule has 8 nitrogen and oxygen atoms in total. The van der Waals surface area contributed by atoms with E-state index in [9.17, 15) is 9.90 Å². The Bertz CT molecular complexity index is 1090. The number of aromatic nitrogens is 2. The normalized spacial score (nSPS) is 12.6. The van der Waals surface area contributed by atoms with Crippen LogP contribution < -0.4 is 10.6 Å². The molecule has 0 fully saturated rings. The first-order valence-electron chi connectivity index (χ1n) is 8.13. The second-order valence-electron chi connectivity index (χ2n) is 5.89. The molecular weight excluding hydrogens is 388 g/mol. The van der Waals surface area contributed by atoms with Crippen molar-refractivity contribution in [1.82, 2.24) is 9.97 Å². The second-order valence-corrected chi connectivity index (χ2v) is 7.95. The largest absolute Gasteiger partial charge is 0.441 e. The van der Waals surface area contributed by atoms with Gasteiger partial charge in [0.05, 0.1) is 22.3 Å². The molecule has 3 heterocycles. The van der Waals surface area contributed by atoms with Crippen molar-refractivity contribution in [2.45, 2.75) is 13.0 Å². The van der Waals surface area contributed by atoms with Gasteiger partial charge in [0.1, 0.15) is 10.3 Å². The number of benzene rings is 1. The lowest BCUT2D eigenvalue weighted by Crippen LogP contribution is -2.22. The van der Waals surface area contributed by atoms with Crippen LogP contribution in [0.4, 0.5) is 10.8 Å². The van der Waals surface area contributed by atoms with Crippen molar-refractivity contribution in [2.24, 2.45) is 0 Å². The molecule has 1 aromatic carbocycles. The monoisotopic (exact) mass is 404 g/mol. The summed E-state index contributed by atoms with van der Waals surface area (Å²) in [5, 5.41) is 24.7. The zero-order valence-corrected chi connectivity index (χ0v) is 15.9. The van der Waals surface area contributed by atoms with E-state index >= 15 is 0 Å². The van der Waals surface area contributed by atoms with Gasteiger partial charge in [-0.15, -0.1) is 11.3 Å². The highest BCUT2D eigenvalue weighted by Gasteiger charge is 2.15. The molecule has 0 saturated heterocycles. The lowest BCUT2D eigenvalue weighted by atomic mass is 10.3. The quantitative estimate of drug-likeness (QED) is 0.390. The van der Waals surface area contributed by atoms with E-state index in [0.29, 0.717) is 32.7 Å². The van der Waals surface area contributed by atoms with Crippen molar-refractivity contribution >= 4 is 60.0 Å². The van der Waals surface area contributed by atoms with Crippen molar-refractivity contribution in [3.8, 4) is 0 Å². The first kappa shape index (κ1) is 17.9. The smallest absolute Gasteiger partial charge is 0.265 e. The Morgan fingerprint density at radius 3 is 2.93 bits per heavy atom. The van der Waals surface area contributed by atoms with Crippen molar-refractivity contribution < 1.29 is 19.4 Å². The average molecular weight is 404 g/mol. The third kappa shape index (κ3) is 3.78. The Kier molecular flexibility index (Phi) is 4.79. The van der Waals surface area contributed by atoms with Crippen LogP contribution in [-0.4, -0.2) is 45.3 Å². The molecule has 0 saturated carbocycles. The Labute approximate surface area is 161 Å². The van der Waals surface area contributed by atoms with E-state index in [4.69, 9.17) is 9.52 Å². The average Bonchev–Trinajstić information content (AvgIpc) is 3.30. The van der Waals surface area contributed by atoms with E-state index < -0.39 is 6.10 Å². The molecule has 0 aliphatic heterocycles. The first-order valence-corrected chi connectivity index (χ1v) is 9.77. The van der Waals surface area contributed by atoms with E-state index in [1.807, 2.05) is 0 Å². The number of thiophene rings is 1. The molecule has 1 amide bonds. The van der Waals surface area contributed by atoms with Gasteiger partial charge < -0.3 is 25.3 Å². The second kappa shape index (κ2) is 7.24. The number of aliphatic hydroxyl groups excluding tert-OH is 2. The summed E-state index contributed by atoms with van der Waals surface area (Å²) in [7, 11) is 0. The number of fused-ring (bicyclic) bond motifs is 2. The van der Waals surface area contributed by atoms with Crippen LogP contribution in [0, 0.1) is 6.92 Å². The maximum absolute atomic E-state index is 12.5. The standard InChI is InChI=1S/C17H16N4O4S2/c1-8-19-11-4-9(2-3-12(11)25-8)20-15(24)13-5-14-16(26-13)21-17(27-14)18-6-10(23)7-22/h2-5,10,22-23H,6-7H2,1H3,(H,18,21)(H,20,24). The zero-order chi connectivity index (χ0) is 19.0. The van der Waals surface area contributed by atoms with Gasteiger partial charge in [-0.3, -0.25) is 4.79 Å². The molecule has 4 N–H and O–H groups in total. The van der Waals surface area contributed by atoms with Crippen molar-refractivity contribution in [3.63, 3.8) is 0 Å². The molecule has 10 heteroatoms. The number of carbonyl (C=O) groups is 1. The number of nitrogens with one attached hydrogen (secondary N) is 2. The lowest BCUT2D eigenvalue weighted by molar-refractivity contribution is 0.103. The Hall–Kier alpha value is -2.53. The molecule has 27 heavy (non-hydrogen) atoms. The van der Waals surface area contributed by atoms with Crippen LogP contribution in [0.15, 0.2) is 28.7 Å². The highest BCUT2D eigenvalue weighted by Crippen LogP contribution is 2.33. The van der Waals surface area contributed by atoms with Gasteiger partial charge in [0.2, 0.25) is 0 Å². The van der Waals surface area contributed by atoms with Gasteiger partial charge in [0, 0.05) is 19.2 Å². The third-order valence-electron chi connectivity index (χ3n) is 3.77. The van der Waals surface area contributed by atoms with Gasteiger partial charge in [0.25, 0.3) is 5.91 Å². The van der Waals surface area contributed by atoms with E-state index in [-0.39, 0.29) is 19.1 Å². The summed E-state index contributed by atoms with van der Waals surface area (Å²) in [5.74, 6) is 0.365. The minimum Gasteiger partial charge on any atom is -0.441 e. The van der Waals surface area contributed by atoms with E-state index in [1.165, 1.54) is 22.7 Å². The van der Waals surface area contributed by atoms with Crippen LogP contribution in [0.1, 0.15) is 15.6 Å². The van der Waals surface area contributed by atoms with Gasteiger partial charge >= 0.3 is 0 Å². The van der Waals surface area contributed by atoms with Crippen LogP contribution in [0.5, 0.6) is 0 Å². The molecule has 0 radical (unpaired) electrons. The number of thiazole rings is 1. The number of aliphatic hydroxyl groups is 2. The molecule has 0 bridgehead atoms. The summed E-state index contributed by atoms with van der Waals surface area (Å²) >= 11 is 2.69. The maximum Gasteiger partial charge on any atom is 0.265 e. The highest BCUT2D eigenvalue weighted by molar-refractivity contribution is 7.29. The van der Waals surface area contributed by atoms with Crippen molar-refractivity contribution in [2.75, 3.05) is 23.8 Å². The summed E-state index contributed by atoms with van der Waals surface area (Å²) in [5.41, 5.74) is 2.02. The van der Waals surface area contributed by atoms with Crippen LogP contribution in [0.25, 0.3) is 20.6 Å². The Morgan fingerprint density at radius 2 is 2.15 bits per heavy atom. The Morgan fingerprint density at radius 1 is 1.30 bits per heavy atom. The number of anilines is 2. The van der Waals surface area contributed by atoms with Crippen LogP contribution in [0.2, 0.25) is 0 Å². The highest BCUT2D eigenvalue weighted by atomic mass is 32.1. The van der Waals surface area contributed by atoms with E-state index in [0.717, 1.165) is 9.53 Å². The van der Waals surface area contributed by atoms with Crippen molar-refractivity contribution in [1.29, 1.82) is 0 Å². The van der Waals surface area contributed by atoms with Gasteiger partial charge in [-0.1, -0.05) is 11.3 Å². The number of aryl methyl sites for hydroxylation is 1. The Balaban J connectivity index is 1.47. The fourth-order valence-electron chi connectivity index (χ4n) is 2.51. The predicted molar refractivity (Wildman–Crippen MR) is 106 cm³/mol. The molecule has 1 atom stereocenters. The van der Waals surface area contributed by atoms with Gasteiger partial charge in [0.15, 0.2) is 16.6 Å². The zero-order valence-electron chi connectivity index (χ0n) is 14.2. The first-order chi connectivity index (χ1) is 13.0. The number of rotatable bonds is 6.